The fraction of sp³-hybridized carbons (Fsp3) is 0.737. The van der Waals surface area contributed by atoms with Crippen LogP contribution in [0.15, 0.2) is 12.1 Å². The molecule has 126 valence electrons. The summed E-state index contributed by atoms with van der Waals surface area (Å²) in [6, 6.07) is 4.38. The van der Waals surface area contributed by atoms with Crippen molar-refractivity contribution in [1.82, 2.24) is 4.90 Å². The third-order valence-electron chi connectivity index (χ3n) is 5.81. The minimum absolute atomic E-state index is 0.234. The van der Waals surface area contributed by atoms with E-state index in [4.69, 9.17) is 4.74 Å². The Balaban J connectivity index is 1.35. The maximum Gasteiger partial charge on any atom is 0.226 e. The first kappa shape index (κ1) is 15.6. The Morgan fingerprint density at radius 3 is 2.83 bits per heavy atom. The van der Waals surface area contributed by atoms with Crippen molar-refractivity contribution in [3.63, 3.8) is 0 Å². The molecule has 3 aliphatic rings. The van der Waals surface area contributed by atoms with Crippen molar-refractivity contribution in [2.24, 2.45) is 11.8 Å². The summed E-state index contributed by atoms with van der Waals surface area (Å²) in [6.07, 6.45) is 7.94. The minimum atomic E-state index is 0.234. The van der Waals surface area contributed by atoms with E-state index in [1.54, 1.807) is 0 Å². The van der Waals surface area contributed by atoms with E-state index < -0.39 is 0 Å². The molecule has 1 saturated heterocycles. The molecule has 1 aromatic rings. The van der Waals surface area contributed by atoms with Gasteiger partial charge in [0.2, 0.25) is 5.91 Å². The minimum Gasteiger partial charge on any atom is -0.374 e. The Kier molecular flexibility index (Phi) is 4.46. The van der Waals surface area contributed by atoms with Crippen LogP contribution in [-0.2, 0) is 9.53 Å². The number of carbonyl (C=O) groups is 1. The zero-order valence-corrected chi connectivity index (χ0v) is 14.8. The molecule has 2 aliphatic carbocycles. The summed E-state index contributed by atoms with van der Waals surface area (Å²) in [5.41, 5.74) is 0. The lowest BCUT2D eigenvalue weighted by Gasteiger charge is -2.38. The number of nitrogens with zero attached hydrogens (tertiary/aromatic N) is 1. The predicted molar refractivity (Wildman–Crippen MR) is 92.8 cm³/mol. The van der Waals surface area contributed by atoms with Gasteiger partial charge < -0.3 is 9.64 Å². The first-order valence-electron chi connectivity index (χ1n) is 9.19. The molecule has 4 rings (SSSR count). The summed E-state index contributed by atoms with van der Waals surface area (Å²) in [7, 11) is 0. The van der Waals surface area contributed by atoms with E-state index in [1.807, 2.05) is 11.3 Å². The fourth-order valence-electron chi connectivity index (χ4n) is 4.34. The maximum absolute atomic E-state index is 12.9. The average Bonchev–Trinajstić information content (AvgIpc) is 3.29. The third kappa shape index (κ3) is 3.34. The van der Waals surface area contributed by atoms with Crippen LogP contribution in [0.4, 0.5) is 0 Å². The van der Waals surface area contributed by atoms with Gasteiger partial charge in [-0.2, -0.15) is 0 Å². The topological polar surface area (TPSA) is 29.5 Å². The number of rotatable bonds is 3. The number of amides is 1. The van der Waals surface area contributed by atoms with Gasteiger partial charge in [0, 0.05) is 34.7 Å². The molecule has 3 nitrogen and oxygen atoms in total. The van der Waals surface area contributed by atoms with Gasteiger partial charge in [-0.1, -0.05) is 19.3 Å². The molecule has 4 heteroatoms. The van der Waals surface area contributed by atoms with Gasteiger partial charge in [0.05, 0.1) is 12.7 Å². The number of morpholine rings is 1. The van der Waals surface area contributed by atoms with Crippen LogP contribution in [0.2, 0.25) is 0 Å². The van der Waals surface area contributed by atoms with Crippen LogP contribution in [0.3, 0.4) is 0 Å². The molecular formula is C19H27NO2S. The van der Waals surface area contributed by atoms with Crippen molar-refractivity contribution in [2.45, 2.75) is 57.5 Å². The molecule has 23 heavy (non-hydrogen) atoms. The Labute approximate surface area is 143 Å². The Morgan fingerprint density at radius 2 is 2.09 bits per heavy atom. The van der Waals surface area contributed by atoms with Crippen LogP contribution in [0.5, 0.6) is 0 Å². The predicted octanol–water partition coefficient (Wildman–Crippen LogP) is 3.97. The quantitative estimate of drug-likeness (QED) is 0.838. The molecule has 0 aromatic carbocycles. The molecule has 3 fully saturated rings. The van der Waals surface area contributed by atoms with Crippen LogP contribution in [0.25, 0.3) is 0 Å². The number of ether oxygens (including phenoxy) is 1. The summed E-state index contributed by atoms with van der Waals surface area (Å²) in [5, 5.41) is 0. The van der Waals surface area contributed by atoms with Crippen molar-refractivity contribution < 1.29 is 9.53 Å². The Bertz CT molecular complexity index is 563. The maximum atomic E-state index is 12.9. The van der Waals surface area contributed by atoms with Gasteiger partial charge in [-0.3, -0.25) is 4.79 Å². The molecule has 2 heterocycles. The summed E-state index contributed by atoms with van der Waals surface area (Å²) >= 11 is 1.85. The monoisotopic (exact) mass is 333 g/mol. The smallest absolute Gasteiger partial charge is 0.226 e. The highest BCUT2D eigenvalue weighted by molar-refractivity contribution is 7.12. The molecule has 2 saturated carbocycles. The number of aryl methyl sites for hydroxylation is 1. The van der Waals surface area contributed by atoms with Crippen LogP contribution in [0, 0.1) is 18.8 Å². The van der Waals surface area contributed by atoms with Gasteiger partial charge in [-0.15, -0.1) is 11.3 Å². The molecular weight excluding hydrogens is 306 g/mol. The molecule has 0 radical (unpaired) electrons. The second-order valence-corrected chi connectivity index (χ2v) is 8.81. The number of hydrogen-bond acceptors (Lipinski definition) is 3. The summed E-state index contributed by atoms with van der Waals surface area (Å²) in [6.45, 7) is 4.48. The van der Waals surface area contributed by atoms with E-state index in [1.165, 1.54) is 41.9 Å². The van der Waals surface area contributed by atoms with Crippen molar-refractivity contribution in [1.29, 1.82) is 0 Å². The zero-order valence-electron chi connectivity index (χ0n) is 14.0. The van der Waals surface area contributed by atoms with Gasteiger partial charge in [-0.05, 0) is 44.2 Å². The first-order chi connectivity index (χ1) is 11.2. The van der Waals surface area contributed by atoms with Crippen molar-refractivity contribution in [3.8, 4) is 0 Å². The number of thiophene rings is 1. The fourth-order valence-corrected chi connectivity index (χ4v) is 5.39. The second-order valence-electron chi connectivity index (χ2n) is 7.49. The van der Waals surface area contributed by atoms with E-state index in [-0.39, 0.29) is 12.0 Å². The second kappa shape index (κ2) is 6.56. The molecule has 0 N–H and O–H groups in total. The Hall–Kier alpha value is -0.870. The summed E-state index contributed by atoms with van der Waals surface area (Å²) in [4.78, 5) is 17.7. The highest BCUT2D eigenvalue weighted by atomic mass is 32.1. The van der Waals surface area contributed by atoms with Crippen molar-refractivity contribution >= 4 is 17.2 Å². The summed E-state index contributed by atoms with van der Waals surface area (Å²) < 4.78 is 6.02. The molecule has 3 atom stereocenters. The van der Waals surface area contributed by atoms with Crippen LogP contribution in [0.1, 0.15) is 54.2 Å². The molecule has 0 bridgehead atoms. The molecule has 1 amide bonds. The van der Waals surface area contributed by atoms with E-state index in [9.17, 15) is 4.79 Å². The lowest BCUT2D eigenvalue weighted by molar-refractivity contribution is -0.143. The molecule has 0 unspecified atom stereocenters. The van der Waals surface area contributed by atoms with Gasteiger partial charge in [0.1, 0.15) is 0 Å². The standard InChI is InChI=1S/C19H27NO2S/c1-13-7-8-18(23-13)15-11-16(15)19(21)20-9-10-22-17(12-20)14-5-3-2-4-6-14/h7-8,14-17H,2-6,9-12H2,1H3/t15-,16+,17-/m1/s1. The normalized spacial score (nSPS) is 32.0. The summed E-state index contributed by atoms with van der Waals surface area (Å²) in [5.74, 6) is 1.77. The van der Waals surface area contributed by atoms with E-state index in [2.05, 4.69) is 24.0 Å². The van der Waals surface area contributed by atoms with Gasteiger partial charge in [0.25, 0.3) is 0 Å². The first-order valence-corrected chi connectivity index (χ1v) is 10.0. The average molecular weight is 333 g/mol. The lowest BCUT2D eigenvalue weighted by Crippen LogP contribution is -2.49. The zero-order chi connectivity index (χ0) is 15.8. The SMILES string of the molecule is Cc1ccc([C@@H]2C[C@@H]2C(=O)N2CCO[C@@H](C3CCCCC3)C2)s1. The van der Waals surface area contributed by atoms with E-state index >= 15 is 0 Å². The van der Waals surface area contributed by atoms with Gasteiger partial charge in [-0.25, -0.2) is 0 Å². The van der Waals surface area contributed by atoms with Gasteiger partial charge >= 0.3 is 0 Å². The van der Waals surface area contributed by atoms with Crippen LogP contribution in [-0.4, -0.2) is 36.6 Å². The molecule has 1 aliphatic heterocycles. The largest absolute Gasteiger partial charge is 0.374 e. The van der Waals surface area contributed by atoms with Crippen molar-refractivity contribution in [2.75, 3.05) is 19.7 Å². The highest BCUT2D eigenvalue weighted by Crippen LogP contribution is 2.50. The number of carbonyl (C=O) groups excluding carboxylic acids is 1. The highest BCUT2D eigenvalue weighted by Gasteiger charge is 2.47. The van der Waals surface area contributed by atoms with Crippen molar-refractivity contribution in [3.05, 3.63) is 21.9 Å². The Morgan fingerprint density at radius 1 is 1.26 bits per heavy atom. The van der Waals surface area contributed by atoms with Crippen LogP contribution >= 0.6 is 11.3 Å². The van der Waals surface area contributed by atoms with Crippen LogP contribution < -0.4 is 0 Å². The van der Waals surface area contributed by atoms with E-state index in [0.29, 0.717) is 17.7 Å². The van der Waals surface area contributed by atoms with Gasteiger partial charge in [0.15, 0.2) is 0 Å². The van der Waals surface area contributed by atoms with E-state index in [0.717, 1.165) is 26.1 Å². The third-order valence-corrected chi connectivity index (χ3v) is 6.95. The molecule has 1 aromatic heterocycles. The molecule has 0 spiro atoms. The lowest BCUT2D eigenvalue weighted by atomic mass is 9.84. The number of hydrogen-bond donors (Lipinski definition) is 0.